The van der Waals surface area contributed by atoms with Crippen LogP contribution in [0.5, 0.6) is 0 Å². The van der Waals surface area contributed by atoms with E-state index in [0.29, 0.717) is 17.4 Å². The fraction of sp³-hybridized carbons (Fsp3) is 0.556. The Labute approximate surface area is 171 Å². The lowest BCUT2D eigenvalue weighted by Gasteiger charge is -2.27. The zero-order valence-corrected chi connectivity index (χ0v) is 18.0. The van der Waals surface area contributed by atoms with Gasteiger partial charge in [0.2, 0.25) is 0 Å². The molecule has 0 nitrogen and oxygen atoms in total. The van der Waals surface area contributed by atoms with Crippen molar-refractivity contribution in [3.8, 4) is 0 Å². The highest BCUT2D eigenvalue weighted by atomic mass is 19.1. The van der Waals surface area contributed by atoms with E-state index in [4.69, 9.17) is 0 Å². The first-order chi connectivity index (χ1) is 13.5. The summed E-state index contributed by atoms with van der Waals surface area (Å²) in [6, 6.07) is 5.91. The molecule has 0 atom stereocenters. The summed E-state index contributed by atoms with van der Waals surface area (Å²) < 4.78 is 14.9. The van der Waals surface area contributed by atoms with Gasteiger partial charge in [-0.2, -0.15) is 0 Å². The molecule has 0 bridgehead atoms. The highest BCUT2D eigenvalue weighted by Gasteiger charge is 2.21. The van der Waals surface area contributed by atoms with Crippen LogP contribution in [-0.4, -0.2) is 0 Å². The summed E-state index contributed by atoms with van der Waals surface area (Å²) in [6.45, 7) is 11.0. The van der Waals surface area contributed by atoms with Crippen molar-refractivity contribution in [2.45, 2.75) is 78.1 Å². The van der Waals surface area contributed by atoms with Gasteiger partial charge >= 0.3 is 0 Å². The van der Waals surface area contributed by atoms with Crippen molar-refractivity contribution in [2.24, 2.45) is 17.8 Å². The molecule has 2 saturated carbocycles. The van der Waals surface area contributed by atoms with Crippen LogP contribution in [0.4, 0.5) is 4.39 Å². The molecule has 0 aliphatic heterocycles. The number of rotatable bonds is 5. The van der Waals surface area contributed by atoms with Crippen molar-refractivity contribution >= 4 is 5.57 Å². The van der Waals surface area contributed by atoms with Gasteiger partial charge in [-0.25, -0.2) is 4.39 Å². The Morgan fingerprint density at radius 3 is 2.11 bits per heavy atom. The molecule has 0 aromatic heterocycles. The Balaban J connectivity index is 1.67. The molecule has 0 unspecified atom stereocenters. The minimum atomic E-state index is -0.0917. The summed E-state index contributed by atoms with van der Waals surface area (Å²) in [5, 5.41) is 0. The molecule has 152 valence electrons. The van der Waals surface area contributed by atoms with Gasteiger partial charge in [0, 0.05) is 5.56 Å². The molecule has 1 aromatic carbocycles. The molecule has 1 aromatic rings. The van der Waals surface area contributed by atoms with Crippen LogP contribution < -0.4 is 0 Å². The van der Waals surface area contributed by atoms with Crippen LogP contribution in [0.3, 0.4) is 0 Å². The molecule has 2 aliphatic rings. The largest absolute Gasteiger partial charge is 0.206 e. The number of benzene rings is 1. The lowest BCUT2D eigenvalue weighted by Crippen LogP contribution is -2.13. The fourth-order valence-corrected chi connectivity index (χ4v) is 4.92. The Hall–Kier alpha value is -1.63. The first kappa shape index (κ1) is 21.1. The fourth-order valence-electron chi connectivity index (χ4n) is 4.92. The molecule has 2 fully saturated rings. The Bertz CT molecular complexity index is 723. The normalized spacial score (nSPS) is 29.2. The monoisotopic (exact) mass is 380 g/mol. The summed E-state index contributed by atoms with van der Waals surface area (Å²) in [4.78, 5) is 0. The predicted molar refractivity (Wildman–Crippen MR) is 120 cm³/mol. The number of hydrogen-bond donors (Lipinski definition) is 0. The summed E-state index contributed by atoms with van der Waals surface area (Å²) in [7, 11) is 0. The van der Waals surface area contributed by atoms with Gasteiger partial charge in [-0.15, -0.1) is 0 Å². The predicted octanol–water partition coefficient (Wildman–Crippen LogP) is 8.46. The van der Waals surface area contributed by atoms with Crippen LogP contribution >= 0.6 is 0 Å². The molecule has 3 rings (SSSR count). The van der Waals surface area contributed by atoms with Crippen molar-refractivity contribution in [3.05, 3.63) is 65.5 Å². The van der Waals surface area contributed by atoms with Crippen molar-refractivity contribution in [2.75, 3.05) is 0 Å². The molecule has 0 saturated heterocycles. The zero-order chi connectivity index (χ0) is 20.1. The van der Waals surface area contributed by atoms with Gasteiger partial charge in [0.05, 0.1) is 0 Å². The van der Waals surface area contributed by atoms with E-state index in [9.17, 15) is 4.39 Å². The molecule has 0 spiro atoms. The number of halogens is 1. The molecule has 0 amide bonds. The van der Waals surface area contributed by atoms with E-state index in [2.05, 4.69) is 38.6 Å². The summed E-state index contributed by atoms with van der Waals surface area (Å²) >= 11 is 0. The molecule has 28 heavy (non-hydrogen) atoms. The molecular formula is C27H37F. The van der Waals surface area contributed by atoms with Crippen molar-refractivity contribution in [1.82, 2.24) is 0 Å². The van der Waals surface area contributed by atoms with E-state index < -0.39 is 0 Å². The molecular weight excluding hydrogens is 343 g/mol. The molecule has 2 aliphatic carbocycles. The number of hydrogen-bond acceptors (Lipinski definition) is 0. The van der Waals surface area contributed by atoms with Crippen molar-refractivity contribution in [1.29, 1.82) is 0 Å². The average molecular weight is 381 g/mol. The number of allylic oxidation sites excluding steroid dienone is 5. The van der Waals surface area contributed by atoms with Gasteiger partial charge in [-0.3, -0.25) is 0 Å². The Kier molecular flexibility index (Phi) is 7.32. The van der Waals surface area contributed by atoms with E-state index >= 15 is 0 Å². The molecule has 0 N–H and O–H groups in total. The van der Waals surface area contributed by atoms with Crippen LogP contribution in [-0.2, 0) is 0 Å². The van der Waals surface area contributed by atoms with Gasteiger partial charge in [-0.1, -0.05) is 82.0 Å². The molecule has 1 heteroatoms. The van der Waals surface area contributed by atoms with Gasteiger partial charge in [0.1, 0.15) is 5.82 Å². The highest BCUT2D eigenvalue weighted by molar-refractivity contribution is 5.74. The minimum Gasteiger partial charge on any atom is -0.206 e. The SMILES string of the molecule is C=C(/C=C\C(=C/C)c1ccc(C2CCC(C)CC2)cc1F)C1CCC(C)CC1. The van der Waals surface area contributed by atoms with Gasteiger partial charge in [0.15, 0.2) is 0 Å². The van der Waals surface area contributed by atoms with E-state index in [1.165, 1.54) is 62.5 Å². The van der Waals surface area contributed by atoms with Crippen LogP contribution in [0.25, 0.3) is 5.57 Å². The van der Waals surface area contributed by atoms with E-state index in [0.717, 1.165) is 17.4 Å². The van der Waals surface area contributed by atoms with Crippen LogP contribution in [0, 0.1) is 23.6 Å². The maximum absolute atomic E-state index is 14.9. The third kappa shape index (κ3) is 5.25. The van der Waals surface area contributed by atoms with E-state index in [-0.39, 0.29) is 5.82 Å². The van der Waals surface area contributed by atoms with Crippen LogP contribution in [0.15, 0.2) is 48.6 Å². The standard InChI is InChI=1S/C27H37F/c1-5-22(15-10-21(4)23-11-6-19(2)7-12-23)26-17-16-25(18-27(26)28)24-13-8-20(3)9-14-24/h5,10,15-20,23-24H,4,6-9,11-14H2,1-3H3/b15-10-,22-5+. The maximum atomic E-state index is 14.9. The smallest absolute Gasteiger partial charge is 0.131 e. The first-order valence-electron chi connectivity index (χ1n) is 11.3. The maximum Gasteiger partial charge on any atom is 0.131 e. The lowest BCUT2D eigenvalue weighted by atomic mass is 9.79. The average Bonchev–Trinajstić information content (AvgIpc) is 2.70. The van der Waals surface area contributed by atoms with Gasteiger partial charge in [-0.05, 0) is 73.5 Å². The topological polar surface area (TPSA) is 0 Å². The Morgan fingerprint density at radius 2 is 1.54 bits per heavy atom. The quantitative estimate of drug-likeness (QED) is 0.449. The van der Waals surface area contributed by atoms with Gasteiger partial charge in [0.25, 0.3) is 0 Å². The third-order valence-electron chi connectivity index (χ3n) is 7.12. The zero-order valence-electron chi connectivity index (χ0n) is 18.0. The summed E-state index contributed by atoms with van der Waals surface area (Å²) in [5.74, 6) is 2.69. The molecule has 0 radical (unpaired) electrons. The van der Waals surface area contributed by atoms with Crippen LogP contribution in [0.1, 0.15) is 89.2 Å². The van der Waals surface area contributed by atoms with Gasteiger partial charge < -0.3 is 0 Å². The van der Waals surface area contributed by atoms with Crippen molar-refractivity contribution < 1.29 is 4.39 Å². The minimum absolute atomic E-state index is 0.0917. The Morgan fingerprint density at radius 1 is 0.929 bits per heavy atom. The highest BCUT2D eigenvalue weighted by Crippen LogP contribution is 2.37. The summed E-state index contributed by atoms with van der Waals surface area (Å²) in [5.41, 5.74) is 4.02. The van der Waals surface area contributed by atoms with Crippen LogP contribution in [0.2, 0.25) is 0 Å². The second kappa shape index (κ2) is 9.72. The lowest BCUT2D eigenvalue weighted by molar-refractivity contribution is 0.324. The molecule has 0 heterocycles. The second-order valence-corrected chi connectivity index (χ2v) is 9.31. The summed E-state index contributed by atoms with van der Waals surface area (Å²) in [6.07, 6.45) is 16.1. The third-order valence-corrected chi connectivity index (χ3v) is 7.12. The van der Waals surface area contributed by atoms with E-state index in [1.54, 1.807) is 6.07 Å². The van der Waals surface area contributed by atoms with Crippen molar-refractivity contribution in [3.63, 3.8) is 0 Å². The second-order valence-electron chi connectivity index (χ2n) is 9.31. The van der Waals surface area contributed by atoms with E-state index in [1.807, 2.05) is 19.1 Å². The first-order valence-corrected chi connectivity index (χ1v) is 11.3.